The molecule has 16 heavy (non-hydrogen) atoms. The van der Waals surface area contributed by atoms with Gasteiger partial charge in [-0.3, -0.25) is 0 Å². The standard InChI is InChI=1S/C13H10OS2/c1-9-5-4-8-12-13(9)15-10-6-2-3-7-11(10)16(12)14/h2-8H,1H3. The third kappa shape index (κ3) is 1.43. The molecule has 0 aliphatic carbocycles. The van der Waals surface area contributed by atoms with Gasteiger partial charge in [-0.05, 0) is 30.7 Å². The number of aryl methyl sites for hydroxylation is 1. The summed E-state index contributed by atoms with van der Waals surface area (Å²) in [6.45, 7) is 2.07. The molecule has 1 atom stereocenters. The molecule has 0 saturated carbocycles. The predicted octanol–water partition coefficient (Wildman–Crippen LogP) is 3.63. The molecule has 0 amide bonds. The lowest BCUT2D eigenvalue weighted by Crippen LogP contribution is -2.03. The zero-order chi connectivity index (χ0) is 11.1. The van der Waals surface area contributed by atoms with Crippen LogP contribution in [0.2, 0.25) is 0 Å². The van der Waals surface area contributed by atoms with Gasteiger partial charge in [0.05, 0.1) is 20.6 Å². The normalized spacial score (nSPS) is 17.7. The average Bonchev–Trinajstić information content (AvgIpc) is 2.31. The maximum absolute atomic E-state index is 12.4. The smallest absolute Gasteiger partial charge is 0.0872 e. The van der Waals surface area contributed by atoms with E-state index in [0.717, 1.165) is 19.6 Å². The number of hydrogen-bond donors (Lipinski definition) is 0. The van der Waals surface area contributed by atoms with Gasteiger partial charge in [-0.1, -0.05) is 36.0 Å². The summed E-state index contributed by atoms with van der Waals surface area (Å²) in [6, 6.07) is 13.9. The topological polar surface area (TPSA) is 17.1 Å². The van der Waals surface area contributed by atoms with Crippen LogP contribution in [0, 0.1) is 6.92 Å². The van der Waals surface area contributed by atoms with E-state index < -0.39 is 10.8 Å². The van der Waals surface area contributed by atoms with Crippen molar-refractivity contribution < 1.29 is 4.21 Å². The van der Waals surface area contributed by atoms with Crippen LogP contribution >= 0.6 is 11.8 Å². The van der Waals surface area contributed by atoms with Crippen LogP contribution in [0.4, 0.5) is 0 Å². The van der Waals surface area contributed by atoms with Gasteiger partial charge < -0.3 is 0 Å². The third-order valence-electron chi connectivity index (χ3n) is 2.64. The van der Waals surface area contributed by atoms with Gasteiger partial charge >= 0.3 is 0 Å². The van der Waals surface area contributed by atoms with Crippen molar-refractivity contribution in [3.05, 3.63) is 48.0 Å². The first-order valence-electron chi connectivity index (χ1n) is 5.05. The molecule has 0 N–H and O–H groups in total. The van der Waals surface area contributed by atoms with Crippen molar-refractivity contribution in [3.63, 3.8) is 0 Å². The molecule has 3 heteroatoms. The van der Waals surface area contributed by atoms with Crippen molar-refractivity contribution in [1.29, 1.82) is 0 Å². The highest BCUT2D eigenvalue weighted by Gasteiger charge is 2.23. The Morgan fingerprint density at radius 3 is 2.62 bits per heavy atom. The lowest BCUT2D eigenvalue weighted by Gasteiger charge is -2.19. The molecule has 0 radical (unpaired) electrons. The summed E-state index contributed by atoms with van der Waals surface area (Å²) >= 11 is 1.72. The molecular formula is C13H10OS2. The Kier molecular flexibility index (Phi) is 2.37. The minimum Gasteiger partial charge on any atom is -0.249 e. The molecule has 1 aliphatic rings. The highest BCUT2D eigenvalue weighted by Crippen LogP contribution is 2.43. The van der Waals surface area contributed by atoms with Crippen LogP contribution in [-0.4, -0.2) is 4.21 Å². The number of benzene rings is 2. The van der Waals surface area contributed by atoms with Crippen molar-refractivity contribution in [3.8, 4) is 0 Å². The van der Waals surface area contributed by atoms with Crippen LogP contribution in [0.25, 0.3) is 0 Å². The highest BCUT2D eigenvalue weighted by molar-refractivity contribution is 8.01. The molecule has 0 fully saturated rings. The Labute approximate surface area is 101 Å². The maximum Gasteiger partial charge on any atom is 0.0872 e. The van der Waals surface area contributed by atoms with E-state index in [4.69, 9.17) is 0 Å². The van der Waals surface area contributed by atoms with Gasteiger partial charge in [0.1, 0.15) is 0 Å². The van der Waals surface area contributed by atoms with Gasteiger partial charge in [0.15, 0.2) is 0 Å². The van der Waals surface area contributed by atoms with Crippen LogP contribution in [0.3, 0.4) is 0 Å². The van der Waals surface area contributed by atoms with E-state index in [9.17, 15) is 4.21 Å². The van der Waals surface area contributed by atoms with Gasteiger partial charge in [0.25, 0.3) is 0 Å². The van der Waals surface area contributed by atoms with Crippen LogP contribution in [-0.2, 0) is 10.8 Å². The van der Waals surface area contributed by atoms with Crippen molar-refractivity contribution >= 4 is 22.6 Å². The maximum atomic E-state index is 12.4. The largest absolute Gasteiger partial charge is 0.249 e. The van der Waals surface area contributed by atoms with Crippen molar-refractivity contribution in [2.45, 2.75) is 26.5 Å². The molecule has 1 nitrogen and oxygen atoms in total. The van der Waals surface area contributed by atoms with Crippen molar-refractivity contribution in [1.82, 2.24) is 0 Å². The molecule has 2 aromatic carbocycles. The molecule has 2 aromatic rings. The molecule has 1 aliphatic heterocycles. The summed E-state index contributed by atoms with van der Waals surface area (Å²) in [6.07, 6.45) is 0. The van der Waals surface area contributed by atoms with E-state index in [0.29, 0.717) is 0 Å². The first-order chi connectivity index (χ1) is 7.77. The van der Waals surface area contributed by atoms with E-state index in [1.54, 1.807) is 11.8 Å². The van der Waals surface area contributed by atoms with Crippen LogP contribution in [0.15, 0.2) is 62.0 Å². The van der Waals surface area contributed by atoms with Gasteiger partial charge in [0.2, 0.25) is 0 Å². The second-order valence-corrected chi connectivity index (χ2v) is 6.19. The van der Waals surface area contributed by atoms with E-state index in [2.05, 4.69) is 13.0 Å². The zero-order valence-corrected chi connectivity index (χ0v) is 10.4. The molecule has 0 aromatic heterocycles. The van der Waals surface area contributed by atoms with Gasteiger partial charge in [0, 0.05) is 9.79 Å². The van der Waals surface area contributed by atoms with Crippen molar-refractivity contribution in [2.75, 3.05) is 0 Å². The average molecular weight is 246 g/mol. The predicted molar refractivity (Wildman–Crippen MR) is 66.4 cm³/mol. The van der Waals surface area contributed by atoms with Crippen LogP contribution < -0.4 is 0 Å². The molecule has 0 saturated heterocycles. The third-order valence-corrected chi connectivity index (χ3v) is 5.71. The molecule has 1 heterocycles. The molecular weight excluding hydrogens is 236 g/mol. The Hall–Kier alpha value is -1.06. The zero-order valence-electron chi connectivity index (χ0n) is 8.77. The number of hydrogen-bond acceptors (Lipinski definition) is 2. The summed E-state index contributed by atoms with van der Waals surface area (Å²) in [4.78, 5) is 4.15. The first-order valence-corrected chi connectivity index (χ1v) is 7.02. The molecule has 1 unspecified atom stereocenters. The SMILES string of the molecule is Cc1cccc2c1Sc1ccccc1S2=O. The lowest BCUT2D eigenvalue weighted by molar-refractivity contribution is 0.679. The second-order valence-electron chi connectivity index (χ2n) is 3.72. The minimum atomic E-state index is -1.02. The summed E-state index contributed by atoms with van der Waals surface area (Å²) in [5.74, 6) is 0. The van der Waals surface area contributed by atoms with Gasteiger partial charge in [-0.2, -0.15) is 0 Å². The second kappa shape index (κ2) is 3.75. The summed E-state index contributed by atoms with van der Waals surface area (Å²) in [5.41, 5.74) is 1.20. The summed E-state index contributed by atoms with van der Waals surface area (Å²) in [5, 5.41) is 0. The summed E-state index contributed by atoms with van der Waals surface area (Å²) in [7, 11) is -1.02. The van der Waals surface area contributed by atoms with Crippen molar-refractivity contribution in [2.24, 2.45) is 0 Å². The monoisotopic (exact) mass is 246 g/mol. The van der Waals surface area contributed by atoms with Gasteiger partial charge in [-0.25, -0.2) is 4.21 Å². The Morgan fingerprint density at radius 1 is 1.00 bits per heavy atom. The van der Waals surface area contributed by atoms with E-state index in [1.165, 1.54) is 5.56 Å². The molecule has 80 valence electrons. The molecule has 3 rings (SSSR count). The fraction of sp³-hybridized carbons (Fsp3) is 0.0769. The van der Waals surface area contributed by atoms with E-state index in [1.807, 2.05) is 36.4 Å². The van der Waals surface area contributed by atoms with Crippen LogP contribution in [0.1, 0.15) is 5.56 Å². The fourth-order valence-corrected chi connectivity index (χ4v) is 4.68. The number of rotatable bonds is 0. The first kappa shape index (κ1) is 10.1. The number of fused-ring (bicyclic) bond motifs is 2. The van der Waals surface area contributed by atoms with Crippen LogP contribution in [0.5, 0.6) is 0 Å². The van der Waals surface area contributed by atoms with Gasteiger partial charge in [-0.15, -0.1) is 0 Å². The Balaban J connectivity index is 2.26. The molecule has 0 bridgehead atoms. The summed E-state index contributed by atoms with van der Waals surface area (Å²) < 4.78 is 12.4. The quantitative estimate of drug-likeness (QED) is 0.602. The minimum absolute atomic E-state index is 0.936. The Bertz CT molecular complexity index is 590. The highest BCUT2D eigenvalue weighted by atomic mass is 32.2. The van der Waals surface area contributed by atoms with E-state index in [-0.39, 0.29) is 0 Å². The fourth-order valence-electron chi connectivity index (χ4n) is 1.82. The van der Waals surface area contributed by atoms with E-state index >= 15 is 0 Å². The lowest BCUT2D eigenvalue weighted by atomic mass is 10.2. The Morgan fingerprint density at radius 2 is 1.75 bits per heavy atom. The molecule has 0 spiro atoms.